The van der Waals surface area contributed by atoms with Crippen molar-refractivity contribution in [3.63, 3.8) is 0 Å². The Labute approximate surface area is 168 Å². The second-order valence-electron chi connectivity index (χ2n) is 6.12. The van der Waals surface area contributed by atoms with Gasteiger partial charge < -0.3 is 16.0 Å². The predicted molar refractivity (Wildman–Crippen MR) is 105 cm³/mol. The maximum Gasteiger partial charge on any atom is 0.269 e. The molecule has 0 aliphatic heterocycles. The van der Waals surface area contributed by atoms with Crippen molar-refractivity contribution in [3.05, 3.63) is 54.0 Å². The molecule has 0 aliphatic carbocycles. The average molecular weight is 397 g/mol. The fourth-order valence-corrected chi connectivity index (χ4v) is 2.53. The quantitative estimate of drug-likeness (QED) is 0.355. The van der Waals surface area contributed by atoms with Crippen molar-refractivity contribution in [3.8, 4) is 0 Å². The first-order valence-corrected chi connectivity index (χ1v) is 9.10. The Morgan fingerprint density at radius 2 is 1.93 bits per heavy atom. The molecule has 0 fully saturated rings. The Morgan fingerprint density at radius 1 is 1.10 bits per heavy atom. The summed E-state index contributed by atoms with van der Waals surface area (Å²) in [4.78, 5) is 44.2. The number of aromatic nitrogens is 2. The standard InChI is InChI=1S/C19H23N7O3/c1-21-18(28)15(25-17(27)13-8-9-16(26-20)24-12-13)7-3-5-11-23-19(29)14-6-2-4-10-22-14/h2,4,6,8-10,12,15,20H,3,5,7,11H2,1H3,(H,21,28)(H,23,29)(H,25,27). The number of hydrogen-bond acceptors (Lipinski definition) is 7. The van der Waals surface area contributed by atoms with Gasteiger partial charge in [-0.3, -0.25) is 19.4 Å². The minimum absolute atomic E-state index is 0.192. The molecule has 29 heavy (non-hydrogen) atoms. The van der Waals surface area contributed by atoms with Crippen molar-refractivity contribution in [2.45, 2.75) is 25.3 Å². The number of carbonyl (C=O) groups is 3. The van der Waals surface area contributed by atoms with Gasteiger partial charge in [-0.25, -0.2) is 10.5 Å². The Balaban J connectivity index is 1.80. The zero-order valence-electron chi connectivity index (χ0n) is 16.0. The highest BCUT2D eigenvalue weighted by Crippen LogP contribution is 2.09. The van der Waals surface area contributed by atoms with Crippen LogP contribution in [0.3, 0.4) is 0 Å². The van der Waals surface area contributed by atoms with E-state index in [4.69, 9.17) is 5.53 Å². The third kappa shape index (κ3) is 6.76. The molecule has 0 radical (unpaired) electrons. The fraction of sp³-hybridized carbons (Fsp3) is 0.316. The maximum atomic E-state index is 12.3. The molecule has 0 aliphatic rings. The number of pyridine rings is 2. The highest BCUT2D eigenvalue weighted by Gasteiger charge is 2.20. The lowest BCUT2D eigenvalue weighted by molar-refractivity contribution is -0.122. The van der Waals surface area contributed by atoms with Crippen molar-refractivity contribution in [1.82, 2.24) is 25.9 Å². The summed E-state index contributed by atoms with van der Waals surface area (Å²) in [6, 6.07) is 7.33. The monoisotopic (exact) mass is 397 g/mol. The van der Waals surface area contributed by atoms with Gasteiger partial charge in [-0.05, 0) is 43.5 Å². The van der Waals surface area contributed by atoms with Gasteiger partial charge in [0.1, 0.15) is 11.7 Å². The molecule has 152 valence electrons. The lowest BCUT2D eigenvalue weighted by atomic mass is 10.1. The van der Waals surface area contributed by atoms with Crippen molar-refractivity contribution in [2.24, 2.45) is 5.11 Å². The summed E-state index contributed by atoms with van der Waals surface area (Å²) < 4.78 is 0. The van der Waals surface area contributed by atoms with E-state index < -0.39 is 11.9 Å². The Hall–Kier alpha value is -3.69. The smallest absolute Gasteiger partial charge is 0.269 e. The maximum absolute atomic E-state index is 12.3. The SMILES string of the molecule is CNC(=O)C(CCCCNC(=O)c1ccccn1)NC(=O)c1ccc(N=N)nc1. The predicted octanol–water partition coefficient (Wildman–Crippen LogP) is 1.58. The lowest BCUT2D eigenvalue weighted by Crippen LogP contribution is -2.45. The molecule has 0 spiro atoms. The van der Waals surface area contributed by atoms with E-state index in [-0.39, 0.29) is 23.2 Å². The number of nitrogens with one attached hydrogen (secondary N) is 4. The largest absolute Gasteiger partial charge is 0.357 e. The first-order chi connectivity index (χ1) is 14.0. The third-order valence-corrected chi connectivity index (χ3v) is 4.10. The van der Waals surface area contributed by atoms with Crippen LogP contribution in [0.5, 0.6) is 0 Å². The molecule has 1 atom stereocenters. The van der Waals surface area contributed by atoms with Gasteiger partial charge in [0.05, 0.1) is 5.56 Å². The summed E-state index contributed by atoms with van der Waals surface area (Å²) in [5.74, 6) is -0.804. The summed E-state index contributed by atoms with van der Waals surface area (Å²) in [6.07, 6.45) is 4.53. The molecule has 0 bridgehead atoms. The molecule has 10 nitrogen and oxygen atoms in total. The molecule has 1 unspecified atom stereocenters. The van der Waals surface area contributed by atoms with Crippen molar-refractivity contribution in [1.29, 1.82) is 5.53 Å². The van der Waals surface area contributed by atoms with Crippen LogP contribution < -0.4 is 16.0 Å². The second kappa shape index (κ2) is 11.2. The Kier molecular flexibility index (Phi) is 8.36. The molecule has 4 N–H and O–H groups in total. The van der Waals surface area contributed by atoms with Crippen LogP contribution >= 0.6 is 0 Å². The van der Waals surface area contributed by atoms with E-state index >= 15 is 0 Å². The van der Waals surface area contributed by atoms with Crippen molar-refractivity contribution < 1.29 is 14.4 Å². The number of rotatable bonds is 10. The van der Waals surface area contributed by atoms with Crippen LogP contribution in [0.15, 0.2) is 47.8 Å². The van der Waals surface area contributed by atoms with E-state index in [0.717, 1.165) is 0 Å². The van der Waals surface area contributed by atoms with Gasteiger partial charge in [0.2, 0.25) is 5.91 Å². The number of unbranched alkanes of at least 4 members (excludes halogenated alkanes) is 1. The van der Waals surface area contributed by atoms with Gasteiger partial charge in [-0.1, -0.05) is 6.07 Å². The minimum atomic E-state index is -0.709. The molecule has 0 saturated heterocycles. The summed E-state index contributed by atoms with van der Waals surface area (Å²) in [7, 11) is 1.50. The topological polar surface area (TPSA) is 149 Å². The van der Waals surface area contributed by atoms with Crippen LogP contribution in [0.25, 0.3) is 0 Å². The molecular weight excluding hydrogens is 374 g/mol. The van der Waals surface area contributed by atoms with Crippen LogP contribution in [-0.4, -0.2) is 47.3 Å². The number of likely N-dealkylation sites (N-methyl/N-ethyl adjacent to an activating group) is 1. The average Bonchev–Trinajstić information content (AvgIpc) is 2.77. The number of amides is 3. The third-order valence-electron chi connectivity index (χ3n) is 4.10. The van der Waals surface area contributed by atoms with E-state index in [1.807, 2.05) is 0 Å². The van der Waals surface area contributed by atoms with Gasteiger partial charge in [-0.15, -0.1) is 5.11 Å². The number of nitrogens with zero attached hydrogens (tertiary/aromatic N) is 3. The summed E-state index contributed by atoms with van der Waals surface area (Å²) in [6.45, 7) is 0.436. The van der Waals surface area contributed by atoms with Crippen LogP contribution in [-0.2, 0) is 4.79 Å². The van der Waals surface area contributed by atoms with E-state index in [1.54, 1.807) is 24.4 Å². The van der Waals surface area contributed by atoms with Gasteiger partial charge in [-0.2, -0.15) is 0 Å². The second-order valence-corrected chi connectivity index (χ2v) is 6.12. The van der Waals surface area contributed by atoms with Gasteiger partial charge in [0, 0.05) is 26.0 Å². The molecule has 2 rings (SSSR count). The first kappa shape index (κ1) is 21.6. The molecule has 10 heteroatoms. The molecule has 2 heterocycles. The number of hydrogen-bond donors (Lipinski definition) is 4. The summed E-state index contributed by atoms with van der Waals surface area (Å²) >= 11 is 0. The zero-order chi connectivity index (χ0) is 21.1. The fourth-order valence-electron chi connectivity index (χ4n) is 2.53. The lowest BCUT2D eigenvalue weighted by Gasteiger charge is -2.17. The molecule has 2 aromatic heterocycles. The Morgan fingerprint density at radius 3 is 2.55 bits per heavy atom. The minimum Gasteiger partial charge on any atom is -0.357 e. The van der Waals surface area contributed by atoms with E-state index in [0.29, 0.717) is 31.5 Å². The molecule has 3 amide bonds. The van der Waals surface area contributed by atoms with E-state index in [9.17, 15) is 14.4 Å². The van der Waals surface area contributed by atoms with Crippen molar-refractivity contribution >= 4 is 23.5 Å². The first-order valence-electron chi connectivity index (χ1n) is 9.10. The van der Waals surface area contributed by atoms with Gasteiger partial charge in [0.25, 0.3) is 11.8 Å². The summed E-state index contributed by atoms with van der Waals surface area (Å²) in [5, 5.41) is 11.2. The van der Waals surface area contributed by atoms with Crippen LogP contribution in [0.1, 0.15) is 40.1 Å². The van der Waals surface area contributed by atoms with Crippen molar-refractivity contribution in [2.75, 3.05) is 13.6 Å². The summed E-state index contributed by atoms with van der Waals surface area (Å²) in [5.41, 5.74) is 7.50. The normalized spacial score (nSPS) is 11.2. The highest BCUT2D eigenvalue weighted by molar-refractivity contribution is 5.97. The highest BCUT2D eigenvalue weighted by atomic mass is 16.2. The van der Waals surface area contributed by atoms with E-state index in [1.165, 1.54) is 25.4 Å². The molecular formula is C19H23N7O3. The van der Waals surface area contributed by atoms with E-state index in [2.05, 4.69) is 31.0 Å². The molecule has 0 aromatic carbocycles. The van der Waals surface area contributed by atoms with Gasteiger partial charge >= 0.3 is 0 Å². The zero-order valence-corrected chi connectivity index (χ0v) is 16.0. The molecule has 0 saturated carbocycles. The Bertz CT molecular complexity index is 841. The number of carbonyl (C=O) groups excluding carboxylic acids is 3. The van der Waals surface area contributed by atoms with Gasteiger partial charge in [0.15, 0.2) is 5.82 Å². The van der Waals surface area contributed by atoms with Crippen LogP contribution in [0, 0.1) is 5.53 Å². The van der Waals surface area contributed by atoms with Crippen LogP contribution in [0.4, 0.5) is 5.82 Å². The van der Waals surface area contributed by atoms with Crippen LogP contribution in [0.2, 0.25) is 0 Å². The molecule has 2 aromatic rings.